The van der Waals surface area contributed by atoms with Gasteiger partial charge in [0.05, 0.1) is 17.9 Å². The fraction of sp³-hybridized carbons (Fsp3) is 0.171. The summed E-state index contributed by atoms with van der Waals surface area (Å²) < 4.78 is 13.6. The monoisotopic (exact) mass is 603 g/mol. The van der Waals surface area contributed by atoms with Gasteiger partial charge in [-0.3, -0.25) is 4.79 Å². The number of nitrogens with one attached hydrogen (secondary N) is 2. The third-order valence-electron chi connectivity index (χ3n) is 7.17. The molecule has 1 aromatic heterocycles. The van der Waals surface area contributed by atoms with Gasteiger partial charge in [0.15, 0.2) is 0 Å². The Balaban J connectivity index is 1.30. The molecule has 2 heterocycles. The minimum Gasteiger partial charge on any atom is -0.492 e. The van der Waals surface area contributed by atoms with Gasteiger partial charge in [0.2, 0.25) is 11.1 Å². The molecule has 0 spiro atoms. The minimum absolute atomic E-state index is 0.254. The molecule has 0 saturated carbocycles. The van der Waals surface area contributed by atoms with Crippen LogP contribution in [-0.4, -0.2) is 27.3 Å². The molecule has 1 aliphatic heterocycles. The summed E-state index contributed by atoms with van der Waals surface area (Å²) in [5.41, 5.74) is 4.99. The van der Waals surface area contributed by atoms with E-state index < -0.39 is 6.04 Å². The molecule has 6 rings (SSSR count). The zero-order valence-electron chi connectivity index (χ0n) is 24.6. The van der Waals surface area contributed by atoms with Crippen molar-refractivity contribution in [3.8, 4) is 11.5 Å². The predicted molar refractivity (Wildman–Crippen MR) is 174 cm³/mol. The summed E-state index contributed by atoms with van der Waals surface area (Å²) in [6.07, 6.45) is 0. The number of aromatic nitrogens is 3. The van der Waals surface area contributed by atoms with Crippen molar-refractivity contribution in [2.45, 2.75) is 37.4 Å². The number of thioether (sulfide) groups is 1. The highest BCUT2D eigenvalue weighted by atomic mass is 32.2. The first kappa shape index (κ1) is 29.1. The van der Waals surface area contributed by atoms with Crippen LogP contribution in [0.1, 0.15) is 36.6 Å². The Morgan fingerprint density at radius 2 is 1.57 bits per heavy atom. The zero-order chi connectivity index (χ0) is 30.3. The number of hydrogen-bond acceptors (Lipinski definition) is 7. The largest absolute Gasteiger partial charge is 0.492 e. The smallest absolute Gasteiger partial charge is 0.255 e. The number of para-hydroxylation sites is 2. The Morgan fingerprint density at radius 3 is 2.30 bits per heavy atom. The summed E-state index contributed by atoms with van der Waals surface area (Å²) in [4.78, 5) is 18.8. The standard InChI is InChI=1S/C35H33N5O3S/c1-3-42-30-17-11-10-16-29(30)37-33(41)31-24(2)36-34-38-35(44-23-26-14-8-5-9-15-26)39-40(34)32(31)27-18-20-28(21-19-27)43-22-25-12-6-4-7-13-25/h4-21,32H,3,22-23H2,1-2H3,(H,37,41)(H,36,38,39). The van der Waals surface area contributed by atoms with Crippen molar-refractivity contribution in [3.63, 3.8) is 0 Å². The van der Waals surface area contributed by atoms with Crippen LogP contribution in [0.25, 0.3) is 0 Å². The number of nitrogens with zero attached hydrogens (tertiary/aromatic N) is 3. The molecular formula is C35H33N5O3S. The number of benzene rings is 4. The van der Waals surface area contributed by atoms with Gasteiger partial charge in [-0.2, -0.15) is 4.98 Å². The van der Waals surface area contributed by atoms with Crippen LogP contribution in [-0.2, 0) is 17.2 Å². The lowest BCUT2D eigenvalue weighted by molar-refractivity contribution is -0.113. The molecule has 0 aliphatic carbocycles. The maximum atomic E-state index is 14.0. The fourth-order valence-electron chi connectivity index (χ4n) is 5.05. The molecule has 8 nitrogen and oxygen atoms in total. The van der Waals surface area contributed by atoms with E-state index in [1.165, 1.54) is 5.56 Å². The highest BCUT2D eigenvalue weighted by molar-refractivity contribution is 7.98. The first-order valence-corrected chi connectivity index (χ1v) is 15.5. The molecule has 9 heteroatoms. The van der Waals surface area contributed by atoms with Crippen molar-refractivity contribution < 1.29 is 14.3 Å². The number of fused-ring (bicyclic) bond motifs is 1. The number of anilines is 2. The maximum Gasteiger partial charge on any atom is 0.255 e. The van der Waals surface area contributed by atoms with E-state index in [1.54, 1.807) is 16.4 Å². The zero-order valence-corrected chi connectivity index (χ0v) is 25.4. The topological polar surface area (TPSA) is 90.3 Å². The van der Waals surface area contributed by atoms with Crippen molar-refractivity contribution in [3.05, 3.63) is 137 Å². The summed E-state index contributed by atoms with van der Waals surface area (Å²) in [5, 5.41) is 11.9. The van der Waals surface area contributed by atoms with Gasteiger partial charge in [0, 0.05) is 11.4 Å². The van der Waals surface area contributed by atoms with E-state index in [0.29, 0.717) is 47.0 Å². The molecule has 2 N–H and O–H groups in total. The average Bonchev–Trinajstić information content (AvgIpc) is 3.47. The Hall–Kier alpha value is -5.02. The summed E-state index contributed by atoms with van der Waals surface area (Å²) >= 11 is 1.55. The first-order valence-electron chi connectivity index (χ1n) is 14.5. The van der Waals surface area contributed by atoms with E-state index in [1.807, 2.05) is 111 Å². The normalized spacial score (nSPS) is 14.0. The molecule has 222 valence electrons. The molecule has 1 atom stereocenters. The Kier molecular flexibility index (Phi) is 8.93. The van der Waals surface area contributed by atoms with Crippen molar-refractivity contribution >= 4 is 29.3 Å². The molecular weight excluding hydrogens is 570 g/mol. The second-order valence-electron chi connectivity index (χ2n) is 10.2. The van der Waals surface area contributed by atoms with Gasteiger partial charge < -0.3 is 20.1 Å². The fourth-order valence-corrected chi connectivity index (χ4v) is 5.83. The van der Waals surface area contributed by atoms with Crippen LogP contribution in [0.2, 0.25) is 0 Å². The number of rotatable bonds is 11. The summed E-state index contributed by atoms with van der Waals surface area (Å²) in [7, 11) is 0. The van der Waals surface area contributed by atoms with E-state index in [9.17, 15) is 4.79 Å². The molecule has 4 aromatic carbocycles. The number of hydrogen-bond donors (Lipinski definition) is 2. The number of amides is 1. The van der Waals surface area contributed by atoms with Gasteiger partial charge in [-0.05, 0) is 54.8 Å². The van der Waals surface area contributed by atoms with Crippen LogP contribution >= 0.6 is 11.8 Å². The Bertz CT molecular complexity index is 1750. The molecule has 1 aliphatic rings. The van der Waals surface area contributed by atoms with Gasteiger partial charge in [-0.1, -0.05) is 96.7 Å². The highest BCUT2D eigenvalue weighted by Crippen LogP contribution is 2.38. The number of ether oxygens (including phenoxy) is 2. The van der Waals surface area contributed by atoms with Crippen molar-refractivity contribution in [2.75, 3.05) is 17.2 Å². The van der Waals surface area contributed by atoms with E-state index in [4.69, 9.17) is 19.6 Å². The molecule has 5 aromatic rings. The quantitative estimate of drug-likeness (QED) is 0.151. The van der Waals surface area contributed by atoms with E-state index >= 15 is 0 Å². The summed E-state index contributed by atoms with van der Waals surface area (Å²) in [5.74, 6) is 2.41. The van der Waals surface area contributed by atoms with Crippen LogP contribution in [0.15, 0.2) is 126 Å². The summed E-state index contributed by atoms with van der Waals surface area (Å²) in [6.45, 7) is 4.76. The lowest BCUT2D eigenvalue weighted by Crippen LogP contribution is -2.31. The van der Waals surface area contributed by atoms with Crippen LogP contribution in [0, 0.1) is 0 Å². The third kappa shape index (κ3) is 6.63. The number of allylic oxidation sites excluding steroid dienone is 1. The van der Waals surface area contributed by atoms with Crippen molar-refractivity contribution in [1.82, 2.24) is 14.8 Å². The van der Waals surface area contributed by atoms with E-state index in [-0.39, 0.29) is 5.91 Å². The highest BCUT2D eigenvalue weighted by Gasteiger charge is 2.34. The van der Waals surface area contributed by atoms with Gasteiger partial charge >= 0.3 is 0 Å². The maximum absolute atomic E-state index is 14.0. The Labute approximate surface area is 261 Å². The molecule has 0 radical (unpaired) electrons. The molecule has 0 bridgehead atoms. The van der Waals surface area contributed by atoms with Gasteiger partial charge in [0.1, 0.15) is 24.1 Å². The second-order valence-corrected chi connectivity index (χ2v) is 11.2. The second kappa shape index (κ2) is 13.5. The van der Waals surface area contributed by atoms with Crippen LogP contribution in [0.3, 0.4) is 0 Å². The Morgan fingerprint density at radius 1 is 0.886 bits per heavy atom. The third-order valence-corrected chi connectivity index (χ3v) is 8.08. The lowest BCUT2D eigenvalue weighted by atomic mass is 9.95. The molecule has 0 saturated heterocycles. The SMILES string of the molecule is CCOc1ccccc1NC(=O)C1=C(C)Nc2nc(SCc3ccccc3)nn2C1c1ccc(OCc2ccccc2)cc1. The molecule has 44 heavy (non-hydrogen) atoms. The van der Waals surface area contributed by atoms with Crippen molar-refractivity contribution in [1.29, 1.82) is 0 Å². The molecule has 1 unspecified atom stereocenters. The van der Waals surface area contributed by atoms with Crippen LogP contribution in [0.4, 0.5) is 11.6 Å². The van der Waals surface area contributed by atoms with Crippen molar-refractivity contribution in [2.24, 2.45) is 0 Å². The van der Waals surface area contributed by atoms with Crippen LogP contribution < -0.4 is 20.1 Å². The summed E-state index contributed by atoms with van der Waals surface area (Å²) in [6, 6.07) is 35.0. The minimum atomic E-state index is -0.521. The predicted octanol–water partition coefficient (Wildman–Crippen LogP) is 7.48. The number of carbonyl (C=O) groups excluding carboxylic acids is 1. The van der Waals surface area contributed by atoms with E-state index in [0.717, 1.165) is 22.6 Å². The number of carbonyl (C=O) groups is 1. The van der Waals surface area contributed by atoms with Gasteiger partial charge in [-0.25, -0.2) is 4.68 Å². The van der Waals surface area contributed by atoms with Crippen LogP contribution in [0.5, 0.6) is 11.5 Å². The van der Waals surface area contributed by atoms with Gasteiger partial charge in [0.25, 0.3) is 5.91 Å². The molecule has 1 amide bonds. The average molecular weight is 604 g/mol. The lowest BCUT2D eigenvalue weighted by Gasteiger charge is -2.29. The molecule has 0 fully saturated rings. The van der Waals surface area contributed by atoms with Gasteiger partial charge in [-0.15, -0.1) is 5.10 Å². The van der Waals surface area contributed by atoms with E-state index in [2.05, 4.69) is 22.8 Å². The first-order chi connectivity index (χ1) is 21.6.